The van der Waals surface area contributed by atoms with Gasteiger partial charge in [-0.25, -0.2) is 14.8 Å². The van der Waals surface area contributed by atoms with Crippen LogP contribution in [0, 0.1) is 0 Å². The van der Waals surface area contributed by atoms with E-state index in [-0.39, 0.29) is 73.6 Å². The summed E-state index contributed by atoms with van der Waals surface area (Å²) in [5.74, 6) is -0.935. The number of amides is 1. The summed E-state index contributed by atoms with van der Waals surface area (Å²) in [6.07, 6.45) is -15.6. The van der Waals surface area contributed by atoms with Gasteiger partial charge in [0.1, 0.15) is 0 Å². The summed E-state index contributed by atoms with van der Waals surface area (Å²) in [5, 5.41) is 12.7. The summed E-state index contributed by atoms with van der Waals surface area (Å²) in [4.78, 5) is 33.2. The Morgan fingerprint density at radius 1 is 0.940 bits per heavy atom. The molecule has 3 aromatic rings. The quantitative estimate of drug-likeness (QED) is 0.115. The van der Waals surface area contributed by atoms with Crippen molar-refractivity contribution in [3.63, 3.8) is 0 Å². The summed E-state index contributed by atoms with van der Waals surface area (Å²) >= 11 is 0. The molecule has 0 radical (unpaired) electrons. The Kier molecular flexibility index (Phi) is 11.4. The SMILES string of the molecule is CCOC(=O)CCCOc1cnc(N[C@H]2C[C@@H](CC)N(C(=O)O)c3ccc(C(F)(F)F)cc32)nc1Cc1cc(C(F)(F)F)cc(C(F)(F)F)c1. The number of hydrogen-bond acceptors (Lipinski definition) is 7. The molecular formula is C32H31F9N4O5. The molecule has 1 aromatic heterocycles. The molecule has 2 aromatic carbocycles. The fraction of sp³-hybridized carbons (Fsp3) is 0.438. The van der Waals surface area contributed by atoms with Crippen LogP contribution in [0.4, 0.5) is 55.9 Å². The molecule has 0 aliphatic carbocycles. The maximum atomic E-state index is 13.7. The van der Waals surface area contributed by atoms with Gasteiger partial charge in [-0.1, -0.05) is 6.92 Å². The number of carbonyl (C=O) groups excluding carboxylic acids is 1. The van der Waals surface area contributed by atoms with Crippen LogP contribution in [0.25, 0.3) is 0 Å². The maximum Gasteiger partial charge on any atom is 0.416 e. The van der Waals surface area contributed by atoms with Gasteiger partial charge in [-0.05, 0) is 73.7 Å². The molecule has 0 spiro atoms. The first-order valence-electron chi connectivity index (χ1n) is 15.2. The first kappa shape index (κ1) is 38.0. The second-order valence-corrected chi connectivity index (χ2v) is 11.3. The third-order valence-electron chi connectivity index (χ3n) is 7.78. The number of carboxylic acid groups (broad SMARTS) is 1. The molecule has 1 aliphatic rings. The highest BCUT2D eigenvalue weighted by molar-refractivity contribution is 5.89. The van der Waals surface area contributed by atoms with E-state index in [9.17, 15) is 54.2 Å². The third-order valence-corrected chi connectivity index (χ3v) is 7.78. The lowest BCUT2D eigenvalue weighted by molar-refractivity contribution is -0.144. The first-order chi connectivity index (χ1) is 23.3. The van der Waals surface area contributed by atoms with E-state index in [4.69, 9.17) is 9.47 Å². The van der Waals surface area contributed by atoms with Crippen LogP contribution in [0.1, 0.15) is 79.1 Å². The van der Waals surface area contributed by atoms with E-state index in [0.29, 0.717) is 12.1 Å². The van der Waals surface area contributed by atoms with Crippen LogP contribution in [0.2, 0.25) is 0 Å². The van der Waals surface area contributed by atoms with Crippen molar-refractivity contribution in [1.29, 1.82) is 0 Å². The standard InChI is InChI=1S/C32H31F9N4O5/c1-3-21-15-23(22-14-18(30(33,34)35)7-8-25(22)45(21)29(47)48)43-28-42-16-26(50-9-5-6-27(46)49-4-2)24(44-28)12-17-10-19(31(36,37)38)13-20(11-17)32(39,40)41/h7-8,10-11,13-14,16,21,23H,3-6,9,12,15H2,1-2H3,(H,47,48)(H,42,43,44)/t21-,23+/m1/s1. The predicted molar refractivity (Wildman–Crippen MR) is 160 cm³/mol. The van der Waals surface area contributed by atoms with Crippen molar-refractivity contribution in [2.24, 2.45) is 0 Å². The van der Waals surface area contributed by atoms with Gasteiger partial charge in [0.05, 0.1) is 53.5 Å². The molecule has 0 saturated heterocycles. The van der Waals surface area contributed by atoms with Gasteiger partial charge < -0.3 is 19.9 Å². The molecule has 18 heteroatoms. The first-order valence-corrected chi connectivity index (χ1v) is 15.2. The number of benzene rings is 2. The second-order valence-electron chi connectivity index (χ2n) is 11.3. The second kappa shape index (κ2) is 15.0. The molecule has 272 valence electrons. The van der Waals surface area contributed by atoms with E-state index >= 15 is 0 Å². The van der Waals surface area contributed by atoms with Gasteiger partial charge in [0.15, 0.2) is 5.75 Å². The van der Waals surface area contributed by atoms with E-state index in [1.165, 1.54) is 0 Å². The number of fused-ring (bicyclic) bond motifs is 1. The number of esters is 1. The van der Waals surface area contributed by atoms with Crippen molar-refractivity contribution in [1.82, 2.24) is 9.97 Å². The van der Waals surface area contributed by atoms with Crippen molar-refractivity contribution in [3.8, 4) is 5.75 Å². The summed E-state index contributed by atoms with van der Waals surface area (Å²) in [7, 11) is 0. The lowest BCUT2D eigenvalue weighted by Crippen LogP contribution is -2.45. The third kappa shape index (κ3) is 9.26. The number of carbonyl (C=O) groups is 2. The van der Waals surface area contributed by atoms with Crippen LogP contribution in [-0.4, -0.2) is 46.4 Å². The zero-order valence-electron chi connectivity index (χ0n) is 26.5. The zero-order valence-corrected chi connectivity index (χ0v) is 26.5. The number of ether oxygens (including phenoxy) is 2. The Morgan fingerprint density at radius 2 is 1.58 bits per heavy atom. The number of nitrogens with zero attached hydrogens (tertiary/aromatic N) is 3. The number of halogens is 9. The number of rotatable bonds is 11. The minimum atomic E-state index is -5.12. The van der Waals surface area contributed by atoms with E-state index < -0.39 is 71.3 Å². The monoisotopic (exact) mass is 722 g/mol. The molecule has 1 amide bonds. The minimum absolute atomic E-state index is 0.0217. The van der Waals surface area contributed by atoms with Crippen molar-refractivity contribution >= 4 is 23.7 Å². The van der Waals surface area contributed by atoms with Crippen LogP contribution < -0.4 is 15.0 Å². The highest BCUT2D eigenvalue weighted by Crippen LogP contribution is 2.43. The minimum Gasteiger partial charge on any atom is -0.490 e. The van der Waals surface area contributed by atoms with E-state index in [1.807, 2.05) is 0 Å². The zero-order chi connectivity index (χ0) is 37.0. The molecule has 50 heavy (non-hydrogen) atoms. The molecule has 2 heterocycles. The van der Waals surface area contributed by atoms with Gasteiger partial charge in [-0.15, -0.1) is 0 Å². The van der Waals surface area contributed by atoms with Crippen molar-refractivity contribution in [3.05, 3.63) is 76.1 Å². The van der Waals surface area contributed by atoms with Crippen molar-refractivity contribution in [2.75, 3.05) is 23.4 Å². The lowest BCUT2D eigenvalue weighted by Gasteiger charge is -2.39. The van der Waals surface area contributed by atoms with Gasteiger partial charge in [-0.3, -0.25) is 9.69 Å². The Morgan fingerprint density at radius 3 is 2.14 bits per heavy atom. The molecule has 0 bridgehead atoms. The van der Waals surface area contributed by atoms with Crippen LogP contribution in [0.5, 0.6) is 5.75 Å². The average molecular weight is 723 g/mol. The summed E-state index contributed by atoms with van der Waals surface area (Å²) in [6.45, 7) is 3.29. The number of hydrogen-bond donors (Lipinski definition) is 2. The molecule has 2 N–H and O–H groups in total. The molecule has 0 fully saturated rings. The fourth-order valence-electron chi connectivity index (χ4n) is 5.50. The Labute approximate surface area is 279 Å². The number of alkyl halides is 9. The Bertz CT molecular complexity index is 1660. The normalized spacial score (nSPS) is 16.5. The van der Waals surface area contributed by atoms with Crippen LogP contribution in [-0.2, 0) is 34.5 Å². The van der Waals surface area contributed by atoms with Crippen LogP contribution in [0.15, 0.2) is 42.6 Å². The van der Waals surface area contributed by atoms with E-state index in [2.05, 4.69) is 15.3 Å². The smallest absolute Gasteiger partial charge is 0.416 e. The van der Waals surface area contributed by atoms with Crippen LogP contribution in [0.3, 0.4) is 0 Å². The average Bonchev–Trinajstić information content (AvgIpc) is 3.02. The summed E-state index contributed by atoms with van der Waals surface area (Å²) in [5.41, 5.74) is -4.85. The topological polar surface area (TPSA) is 114 Å². The Hall–Kier alpha value is -4.77. The number of aromatic nitrogens is 2. The maximum absolute atomic E-state index is 13.7. The lowest BCUT2D eigenvalue weighted by atomic mass is 9.89. The van der Waals surface area contributed by atoms with Gasteiger partial charge in [0.25, 0.3) is 0 Å². The highest BCUT2D eigenvalue weighted by atomic mass is 19.4. The van der Waals surface area contributed by atoms with Gasteiger partial charge in [0.2, 0.25) is 5.95 Å². The molecule has 4 rings (SSSR count). The molecule has 9 nitrogen and oxygen atoms in total. The molecule has 0 saturated carbocycles. The van der Waals surface area contributed by atoms with Gasteiger partial charge in [0, 0.05) is 18.9 Å². The fourth-order valence-corrected chi connectivity index (χ4v) is 5.50. The van der Waals surface area contributed by atoms with Crippen LogP contribution >= 0.6 is 0 Å². The summed E-state index contributed by atoms with van der Waals surface area (Å²) < 4.78 is 133. The number of anilines is 2. The summed E-state index contributed by atoms with van der Waals surface area (Å²) in [6, 6.07) is 1.91. The largest absolute Gasteiger partial charge is 0.490 e. The van der Waals surface area contributed by atoms with Gasteiger partial charge >= 0.3 is 30.6 Å². The molecule has 1 aliphatic heterocycles. The van der Waals surface area contributed by atoms with Gasteiger partial charge in [-0.2, -0.15) is 39.5 Å². The molecule has 2 atom stereocenters. The molecular weight excluding hydrogens is 691 g/mol. The van der Waals surface area contributed by atoms with E-state index in [1.54, 1.807) is 13.8 Å². The van der Waals surface area contributed by atoms with Crippen molar-refractivity contribution < 1.29 is 63.7 Å². The predicted octanol–water partition coefficient (Wildman–Crippen LogP) is 8.67. The number of nitrogens with one attached hydrogen (secondary N) is 1. The highest BCUT2D eigenvalue weighted by Gasteiger charge is 2.40. The van der Waals surface area contributed by atoms with Crippen molar-refractivity contribution in [2.45, 2.75) is 76.6 Å². The molecule has 0 unspecified atom stereocenters. The Balaban J connectivity index is 1.75. The van der Waals surface area contributed by atoms with E-state index in [0.717, 1.165) is 29.3 Å².